The van der Waals surface area contributed by atoms with Gasteiger partial charge in [0.1, 0.15) is 11.6 Å². The molecule has 2 N–H and O–H groups in total. The van der Waals surface area contributed by atoms with Crippen molar-refractivity contribution in [3.8, 4) is 0 Å². The van der Waals surface area contributed by atoms with Crippen LogP contribution in [0.1, 0.15) is 18.1 Å². The van der Waals surface area contributed by atoms with E-state index in [9.17, 15) is 0 Å². The largest absolute Gasteiger partial charge is 0.330 e. The number of fused-ring (bicyclic) bond motifs is 1. The van der Waals surface area contributed by atoms with Gasteiger partial charge in [-0.25, -0.2) is 0 Å². The minimum Gasteiger partial charge on any atom is -0.330 e. The summed E-state index contributed by atoms with van der Waals surface area (Å²) in [4.78, 5) is 0. The van der Waals surface area contributed by atoms with Gasteiger partial charge >= 0.3 is 0 Å². The fraction of sp³-hybridized carbons (Fsp3) is 0.750. The Kier molecular flexibility index (Phi) is 1.84. The molecule has 0 aromatic carbocycles. The molecule has 4 heteroatoms. The van der Waals surface area contributed by atoms with Crippen molar-refractivity contribution < 1.29 is 0 Å². The van der Waals surface area contributed by atoms with E-state index in [1.54, 1.807) is 0 Å². The number of hydrogen-bond donors (Lipinski definition) is 1. The summed E-state index contributed by atoms with van der Waals surface area (Å²) in [5.74, 6) is 2.75. The summed E-state index contributed by atoms with van der Waals surface area (Å²) in [5.41, 5.74) is 5.61. The molecular weight excluding hydrogens is 152 g/mol. The third-order valence-electron chi connectivity index (χ3n) is 2.58. The zero-order valence-electron chi connectivity index (χ0n) is 7.32. The van der Waals surface area contributed by atoms with Crippen molar-refractivity contribution in [2.45, 2.75) is 26.3 Å². The van der Waals surface area contributed by atoms with Crippen LogP contribution in [-0.2, 0) is 13.0 Å². The highest BCUT2D eigenvalue weighted by atomic mass is 15.3. The van der Waals surface area contributed by atoms with Crippen LogP contribution >= 0.6 is 0 Å². The van der Waals surface area contributed by atoms with Gasteiger partial charge in [0.05, 0.1) is 0 Å². The Morgan fingerprint density at radius 1 is 1.58 bits per heavy atom. The SMILES string of the molecule is Cc1nnc2n1CC[C@H](CN)C2. The molecule has 0 saturated heterocycles. The van der Waals surface area contributed by atoms with Crippen LogP contribution in [0.15, 0.2) is 0 Å². The van der Waals surface area contributed by atoms with E-state index in [0.717, 1.165) is 31.2 Å². The van der Waals surface area contributed by atoms with Gasteiger partial charge in [-0.15, -0.1) is 10.2 Å². The molecule has 1 aliphatic rings. The number of nitrogens with zero attached hydrogens (tertiary/aromatic N) is 3. The number of aryl methyl sites for hydroxylation is 1. The number of aromatic nitrogens is 3. The molecule has 0 unspecified atom stereocenters. The minimum absolute atomic E-state index is 0.612. The maximum atomic E-state index is 5.61. The molecule has 0 saturated carbocycles. The summed E-state index contributed by atoms with van der Waals surface area (Å²) in [7, 11) is 0. The lowest BCUT2D eigenvalue weighted by Crippen LogP contribution is -2.25. The van der Waals surface area contributed by atoms with E-state index >= 15 is 0 Å². The van der Waals surface area contributed by atoms with Gasteiger partial charge in [-0.2, -0.15) is 0 Å². The van der Waals surface area contributed by atoms with Crippen molar-refractivity contribution in [1.82, 2.24) is 14.8 Å². The summed E-state index contributed by atoms with van der Waals surface area (Å²) < 4.78 is 2.19. The Balaban J connectivity index is 2.24. The fourth-order valence-electron chi connectivity index (χ4n) is 1.74. The zero-order valence-corrected chi connectivity index (χ0v) is 7.32. The second kappa shape index (κ2) is 2.86. The third-order valence-corrected chi connectivity index (χ3v) is 2.58. The van der Waals surface area contributed by atoms with E-state index in [0.29, 0.717) is 5.92 Å². The second-order valence-corrected chi connectivity index (χ2v) is 3.41. The standard InChI is InChI=1S/C8H14N4/c1-6-10-11-8-4-7(5-9)2-3-12(6)8/h7H,2-5,9H2,1H3/t7-/m0/s1. The van der Waals surface area contributed by atoms with E-state index in [2.05, 4.69) is 14.8 Å². The Bertz CT molecular complexity index is 279. The maximum Gasteiger partial charge on any atom is 0.133 e. The van der Waals surface area contributed by atoms with E-state index in [1.165, 1.54) is 6.42 Å². The van der Waals surface area contributed by atoms with Gasteiger partial charge in [-0.1, -0.05) is 0 Å². The Hall–Kier alpha value is -0.900. The quantitative estimate of drug-likeness (QED) is 0.644. The van der Waals surface area contributed by atoms with E-state index in [4.69, 9.17) is 5.73 Å². The molecule has 2 rings (SSSR count). The molecule has 66 valence electrons. The van der Waals surface area contributed by atoms with Crippen molar-refractivity contribution in [3.05, 3.63) is 11.6 Å². The summed E-state index contributed by atoms with van der Waals surface area (Å²) in [6.07, 6.45) is 2.17. The van der Waals surface area contributed by atoms with Crippen LogP contribution in [-0.4, -0.2) is 21.3 Å². The topological polar surface area (TPSA) is 56.7 Å². The molecular formula is C8H14N4. The van der Waals surface area contributed by atoms with Gasteiger partial charge in [-0.3, -0.25) is 0 Å². The molecule has 1 aromatic heterocycles. The van der Waals surface area contributed by atoms with Crippen molar-refractivity contribution >= 4 is 0 Å². The maximum absolute atomic E-state index is 5.61. The van der Waals surface area contributed by atoms with Crippen LogP contribution in [0.2, 0.25) is 0 Å². The first-order chi connectivity index (χ1) is 5.81. The van der Waals surface area contributed by atoms with E-state index in [-0.39, 0.29) is 0 Å². The smallest absolute Gasteiger partial charge is 0.133 e. The molecule has 0 bridgehead atoms. The van der Waals surface area contributed by atoms with Crippen molar-refractivity contribution in [3.63, 3.8) is 0 Å². The first-order valence-electron chi connectivity index (χ1n) is 4.40. The molecule has 0 fully saturated rings. The lowest BCUT2D eigenvalue weighted by Gasteiger charge is -2.21. The molecule has 0 spiro atoms. The summed E-state index contributed by atoms with van der Waals surface area (Å²) >= 11 is 0. The molecule has 0 amide bonds. The normalized spacial score (nSPS) is 22.3. The summed E-state index contributed by atoms with van der Waals surface area (Å²) in [6.45, 7) is 3.81. The van der Waals surface area contributed by atoms with Crippen LogP contribution in [0.3, 0.4) is 0 Å². The Labute approximate surface area is 71.8 Å². The van der Waals surface area contributed by atoms with Crippen molar-refractivity contribution in [2.75, 3.05) is 6.54 Å². The molecule has 0 aliphatic carbocycles. The molecule has 0 radical (unpaired) electrons. The lowest BCUT2D eigenvalue weighted by molar-refractivity contribution is 0.386. The van der Waals surface area contributed by atoms with E-state index in [1.807, 2.05) is 6.92 Å². The van der Waals surface area contributed by atoms with Gasteiger partial charge in [0, 0.05) is 13.0 Å². The first-order valence-corrected chi connectivity index (χ1v) is 4.40. The van der Waals surface area contributed by atoms with Gasteiger partial charge in [0.25, 0.3) is 0 Å². The van der Waals surface area contributed by atoms with Gasteiger partial charge < -0.3 is 10.3 Å². The zero-order chi connectivity index (χ0) is 8.55. The molecule has 1 aromatic rings. The highest BCUT2D eigenvalue weighted by molar-refractivity contribution is 4.98. The fourth-order valence-corrected chi connectivity index (χ4v) is 1.74. The lowest BCUT2D eigenvalue weighted by atomic mass is 9.98. The molecule has 2 heterocycles. The van der Waals surface area contributed by atoms with Crippen LogP contribution < -0.4 is 5.73 Å². The van der Waals surface area contributed by atoms with Crippen molar-refractivity contribution in [1.29, 1.82) is 0 Å². The third kappa shape index (κ3) is 1.12. The predicted molar refractivity (Wildman–Crippen MR) is 45.6 cm³/mol. The minimum atomic E-state index is 0.612. The summed E-state index contributed by atoms with van der Waals surface area (Å²) in [5, 5.41) is 8.15. The highest BCUT2D eigenvalue weighted by Gasteiger charge is 2.19. The number of hydrogen-bond acceptors (Lipinski definition) is 3. The average Bonchev–Trinajstić information content (AvgIpc) is 2.47. The second-order valence-electron chi connectivity index (χ2n) is 3.41. The van der Waals surface area contributed by atoms with Gasteiger partial charge in [-0.05, 0) is 25.8 Å². The average molecular weight is 166 g/mol. The summed E-state index contributed by atoms with van der Waals surface area (Å²) in [6, 6.07) is 0. The van der Waals surface area contributed by atoms with Gasteiger partial charge in [0.2, 0.25) is 0 Å². The number of nitrogens with two attached hydrogens (primary N) is 1. The number of rotatable bonds is 1. The van der Waals surface area contributed by atoms with Crippen molar-refractivity contribution in [2.24, 2.45) is 11.7 Å². The monoisotopic (exact) mass is 166 g/mol. The van der Waals surface area contributed by atoms with Crippen LogP contribution in [0.25, 0.3) is 0 Å². The predicted octanol–water partition coefficient (Wildman–Crippen LogP) is 0.108. The highest BCUT2D eigenvalue weighted by Crippen LogP contribution is 2.18. The van der Waals surface area contributed by atoms with E-state index < -0.39 is 0 Å². The molecule has 12 heavy (non-hydrogen) atoms. The molecule has 4 nitrogen and oxygen atoms in total. The van der Waals surface area contributed by atoms with Crippen LogP contribution in [0, 0.1) is 12.8 Å². The van der Waals surface area contributed by atoms with Crippen LogP contribution in [0.4, 0.5) is 0 Å². The molecule has 1 atom stereocenters. The Morgan fingerprint density at radius 3 is 3.17 bits per heavy atom. The Morgan fingerprint density at radius 2 is 2.42 bits per heavy atom. The van der Waals surface area contributed by atoms with Crippen LogP contribution in [0.5, 0.6) is 0 Å². The molecule has 1 aliphatic heterocycles. The van der Waals surface area contributed by atoms with Gasteiger partial charge in [0.15, 0.2) is 0 Å². The first kappa shape index (κ1) is 7.73.